The molecule has 3 heteroatoms. The molecule has 0 spiro atoms. The molecular formula is C9H15F2N. The van der Waals surface area contributed by atoms with E-state index in [1.54, 1.807) is 0 Å². The van der Waals surface area contributed by atoms with Gasteiger partial charge in [0.15, 0.2) is 0 Å². The van der Waals surface area contributed by atoms with Crippen molar-refractivity contribution in [1.29, 1.82) is 0 Å². The Bertz CT molecular complexity index is 156. The molecule has 1 heterocycles. The summed E-state index contributed by atoms with van der Waals surface area (Å²) in [7, 11) is 0. The van der Waals surface area contributed by atoms with E-state index in [9.17, 15) is 8.78 Å². The fourth-order valence-electron chi connectivity index (χ4n) is 2.17. The van der Waals surface area contributed by atoms with E-state index in [1.165, 1.54) is 19.3 Å². The van der Waals surface area contributed by atoms with Crippen LogP contribution in [0.5, 0.6) is 0 Å². The lowest BCUT2D eigenvalue weighted by molar-refractivity contribution is -0.126. The molecule has 1 saturated carbocycles. The van der Waals surface area contributed by atoms with Crippen molar-refractivity contribution >= 4 is 0 Å². The quantitative estimate of drug-likeness (QED) is 0.591. The van der Waals surface area contributed by atoms with Crippen molar-refractivity contribution in [3.05, 3.63) is 0 Å². The molecular weight excluding hydrogens is 160 g/mol. The van der Waals surface area contributed by atoms with Gasteiger partial charge in [-0.1, -0.05) is 6.42 Å². The number of hydrogen-bond acceptors (Lipinski definition) is 1. The van der Waals surface area contributed by atoms with Crippen molar-refractivity contribution in [2.75, 3.05) is 13.1 Å². The standard InChI is InChI=1S/C9H15F2N/c10-9(11)6-8(7-9)12-4-2-1-3-5-12/h8H,1-7H2. The third-order valence-corrected chi connectivity index (χ3v) is 2.98. The second-order valence-corrected chi connectivity index (χ2v) is 4.01. The smallest absolute Gasteiger partial charge is 0.251 e. The minimum absolute atomic E-state index is 0.104. The van der Waals surface area contributed by atoms with Crippen molar-refractivity contribution in [3.63, 3.8) is 0 Å². The molecule has 0 radical (unpaired) electrons. The van der Waals surface area contributed by atoms with Crippen molar-refractivity contribution in [3.8, 4) is 0 Å². The molecule has 1 saturated heterocycles. The highest BCUT2D eigenvalue weighted by molar-refractivity contribution is 4.93. The average Bonchev–Trinajstić information content (AvgIpc) is 2.02. The van der Waals surface area contributed by atoms with Crippen molar-refractivity contribution in [2.45, 2.75) is 44.1 Å². The van der Waals surface area contributed by atoms with E-state index in [1.807, 2.05) is 0 Å². The minimum atomic E-state index is -2.35. The lowest BCUT2D eigenvalue weighted by Gasteiger charge is -2.44. The van der Waals surface area contributed by atoms with Gasteiger partial charge in [0.05, 0.1) is 0 Å². The molecule has 2 aliphatic rings. The Hall–Kier alpha value is -0.180. The monoisotopic (exact) mass is 175 g/mol. The highest BCUT2D eigenvalue weighted by Crippen LogP contribution is 2.41. The van der Waals surface area contributed by atoms with Crippen LogP contribution in [0.2, 0.25) is 0 Å². The van der Waals surface area contributed by atoms with Gasteiger partial charge in [-0.3, -0.25) is 4.90 Å². The number of piperidine rings is 1. The molecule has 2 rings (SSSR count). The van der Waals surface area contributed by atoms with Crippen LogP contribution >= 0.6 is 0 Å². The van der Waals surface area contributed by atoms with Crippen LogP contribution in [0.1, 0.15) is 32.1 Å². The Morgan fingerprint density at radius 2 is 1.58 bits per heavy atom. The highest BCUT2D eigenvalue weighted by atomic mass is 19.3. The zero-order valence-corrected chi connectivity index (χ0v) is 7.23. The first-order valence-corrected chi connectivity index (χ1v) is 4.79. The van der Waals surface area contributed by atoms with Gasteiger partial charge in [-0.05, 0) is 25.9 Å². The van der Waals surface area contributed by atoms with E-state index in [-0.39, 0.29) is 18.9 Å². The van der Waals surface area contributed by atoms with E-state index in [0.717, 1.165) is 13.1 Å². The molecule has 0 bridgehead atoms. The maximum absolute atomic E-state index is 12.5. The Balaban J connectivity index is 1.79. The molecule has 0 aromatic heterocycles. The normalized spacial score (nSPS) is 31.5. The summed E-state index contributed by atoms with van der Waals surface area (Å²) in [6, 6.07) is 0.195. The summed E-state index contributed by atoms with van der Waals surface area (Å²) in [5.74, 6) is -2.35. The van der Waals surface area contributed by atoms with E-state index in [0.29, 0.717) is 0 Å². The van der Waals surface area contributed by atoms with Gasteiger partial charge in [-0.2, -0.15) is 0 Å². The van der Waals surface area contributed by atoms with Gasteiger partial charge in [-0.25, -0.2) is 8.78 Å². The Morgan fingerprint density at radius 3 is 2.08 bits per heavy atom. The lowest BCUT2D eigenvalue weighted by atomic mass is 9.86. The lowest BCUT2D eigenvalue weighted by Crippen LogP contribution is -2.52. The van der Waals surface area contributed by atoms with Crippen LogP contribution in [-0.4, -0.2) is 30.0 Å². The number of rotatable bonds is 1. The predicted molar refractivity (Wildman–Crippen MR) is 43.4 cm³/mol. The first-order valence-electron chi connectivity index (χ1n) is 4.79. The molecule has 70 valence electrons. The van der Waals surface area contributed by atoms with Gasteiger partial charge in [-0.15, -0.1) is 0 Å². The average molecular weight is 175 g/mol. The molecule has 0 N–H and O–H groups in total. The molecule has 1 aliphatic heterocycles. The summed E-state index contributed by atoms with van der Waals surface area (Å²) >= 11 is 0. The largest absolute Gasteiger partial charge is 0.300 e. The minimum Gasteiger partial charge on any atom is -0.300 e. The molecule has 0 atom stereocenters. The Labute approximate surface area is 71.7 Å². The first kappa shape index (κ1) is 8.42. The van der Waals surface area contributed by atoms with Gasteiger partial charge in [0, 0.05) is 18.9 Å². The summed E-state index contributed by atoms with van der Waals surface area (Å²) < 4.78 is 25.0. The number of hydrogen-bond donors (Lipinski definition) is 0. The van der Waals surface area contributed by atoms with Crippen LogP contribution in [0.25, 0.3) is 0 Å². The molecule has 12 heavy (non-hydrogen) atoms. The summed E-state index contributed by atoms with van der Waals surface area (Å²) in [5, 5.41) is 0. The van der Waals surface area contributed by atoms with E-state index in [4.69, 9.17) is 0 Å². The number of halogens is 2. The van der Waals surface area contributed by atoms with Crippen LogP contribution in [0, 0.1) is 0 Å². The van der Waals surface area contributed by atoms with Crippen molar-refractivity contribution in [2.24, 2.45) is 0 Å². The second kappa shape index (κ2) is 2.95. The number of alkyl halides is 2. The van der Waals surface area contributed by atoms with Gasteiger partial charge < -0.3 is 0 Å². The molecule has 0 unspecified atom stereocenters. The molecule has 1 aliphatic carbocycles. The van der Waals surface area contributed by atoms with Crippen LogP contribution in [0.3, 0.4) is 0 Å². The van der Waals surface area contributed by atoms with E-state index >= 15 is 0 Å². The molecule has 1 nitrogen and oxygen atoms in total. The third-order valence-electron chi connectivity index (χ3n) is 2.98. The highest BCUT2D eigenvalue weighted by Gasteiger charge is 2.47. The van der Waals surface area contributed by atoms with Gasteiger partial charge in [0.1, 0.15) is 0 Å². The van der Waals surface area contributed by atoms with Crippen LogP contribution in [-0.2, 0) is 0 Å². The summed E-state index contributed by atoms with van der Waals surface area (Å²) in [6.45, 7) is 2.08. The molecule has 0 aromatic carbocycles. The van der Waals surface area contributed by atoms with Gasteiger partial charge in [0.25, 0.3) is 5.92 Å². The zero-order chi connectivity index (χ0) is 8.60. The summed E-state index contributed by atoms with van der Waals surface area (Å²) in [4.78, 5) is 2.24. The van der Waals surface area contributed by atoms with Crippen LogP contribution < -0.4 is 0 Å². The van der Waals surface area contributed by atoms with Crippen LogP contribution in [0.15, 0.2) is 0 Å². The fraction of sp³-hybridized carbons (Fsp3) is 1.00. The van der Waals surface area contributed by atoms with Gasteiger partial charge in [0.2, 0.25) is 0 Å². The van der Waals surface area contributed by atoms with E-state index in [2.05, 4.69) is 4.90 Å². The summed E-state index contributed by atoms with van der Waals surface area (Å²) in [5.41, 5.74) is 0. The molecule has 0 aromatic rings. The van der Waals surface area contributed by atoms with Crippen molar-refractivity contribution in [1.82, 2.24) is 4.90 Å². The molecule has 2 fully saturated rings. The SMILES string of the molecule is FC1(F)CC(N2CCCCC2)C1. The second-order valence-electron chi connectivity index (χ2n) is 4.01. The van der Waals surface area contributed by atoms with E-state index < -0.39 is 5.92 Å². The molecule has 0 amide bonds. The number of nitrogens with zero attached hydrogens (tertiary/aromatic N) is 1. The number of likely N-dealkylation sites (tertiary alicyclic amines) is 1. The maximum atomic E-state index is 12.5. The Kier molecular flexibility index (Phi) is 2.07. The third kappa shape index (κ3) is 1.60. The topological polar surface area (TPSA) is 3.24 Å². The summed E-state index contributed by atoms with van der Waals surface area (Å²) in [6.07, 6.45) is 3.88. The van der Waals surface area contributed by atoms with Crippen molar-refractivity contribution < 1.29 is 8.78 Å². The predicted octanol–water partition coefficient (Wildman–Crippen LogP) is 2.27. The van der Waals surface area contributed by atoms with Gasteiger partial charge >= 0.3 is 0 Å². The fourth-order valence-corrected chi connectivity index (χ4v) is 2.17. The first-order chi connectivity index (χ1) is 5.67. The Morgan fingerprint density at radius 1 is 1.00 bits per heavy atom. The maximum Gasteiger partial charge on any atom is 0.251 e. The zero-order valence-electron chi connectivity index (χ0n) is 7.23. The van der Waals surface area contributed by atoms with Crippen LogP contribution in [0.4, 0.5) is 8.78 Å².